The maximum atomic E-state index is 13.1. The van der Waals surface area contributed by atoms with Gasteiger partial charge in [0.15, 0.2) is 11.5 Å². The van der Waals surface area contributed by atoms with Crippen LogP contribution in [0.3, 0.4) is 0 Å². The summed E-state index contributed by atoms with van der Waals surface area (Å²) in [6.07, 6.45) is 1.45. The van der Waals surface area contributed by atoms with Crippen LogP contribution in [0, 0.1) is 11.7 Å². The first kappa shape index (κ1) is 17.0. The molecule has 1 aromatic heterocycles. The number of nitrogens with zero attached hydrogens (tertiary/aromatic N) is 1. The fourth-order valence-corrected chi connectivity index (χ4v) is 2.91. The molecule has 0 spiro atoms. The number of Topliss-reactive ketones (excluding diaryl/α,β-unsaturated/α-hetero) is 1. The molecule has 1 unspecified atom stereocenters. The van der Waals surface area contributed by atoms with Crippen LogP contribution < -0.4 is 0 Å². The van der Waals surface area contributed by atoms with E-state index in [2.05, 4.69) is 0 Å². The van der Waals surface area contributed by atoms with Crippen LogP contribution in [-0.2, 0) is 16.1 Å². The second-order valence-electron chi connectivity index (χ2n) is 6.26. The number of carbonyl (C=O) groups excluding carboxylic acids is 2. The Morgan fingerprint density at radius 2 is 1.96 bits per heavy atom. The molecule has 130 valence electrons. The molecule has 0 aliphatic carbocycles. The Hall–Kier alpha value is -2.89. The third kappa shape index (κ3) is 3.07. The maximum absolute atomic E-state index is 13.1. The molecule has 3 rings (SSSR count). The molecule has 1 aliphatic heterocycles. The number of hydrogen-bond acceptors (Lipinski definition) is 4. The average Bonchev–Trinajstić information content (AvgIpc) is 3.18. The average molecular weight is 343 g/mol. The van der Waals surface area contributed by atoms with E-state index in [-0.39, 0.29) is 29.6 Å². The van der Waals surface area contributed by atoms with E-state index in [1.54, 1.807) is 38.1 Å². The summed E-state index contributed by atoms with van der Waals surface area (Å²) in [5.41, 5.74) is 0.717. The molecule has 2 heterocycles. The molecule has 0 saturated heterocycles. The summed E-state index contributed by atoms with van der Waals surface area (Å²) in [7, 11) is 0. The number of aliphatic hydroxyl groups excluding tert-OH is 1. The molecular weight excluding hydrogens is 325 g/mol. The predicted octanol–water partition coefficient (Wildman–Crippen LogP) is 3.54. The van der Waals surface area contributed by atoms with Crippen molar-refractivity contribution in [2.24, 2.45) is 5.92 Å². The van der Waals surface area contributed by atoms with Crippen LogP contribution in [0.2, 0.25) is 0 Å². The van der Waals surface area contributed by atoms with Crippen LogP contribution in [0.5, 0.6) is 0 Å². The van der Waals surface area contributed by atoms with Crippen molar-refractivity contribution in [3.8, 4) is 0 Å². The summed E-state index contributed by atoms with van der Waals surface area (Å²) in [5.74, 6) is -1.88. The highest BCUT2D eigenvalue weighted by atomic mass is 19.1. The molecule has 0 radical (unpaired) electrons. The van der Waals surface area contributed by atoms with Gasteiger partial charge in [0.2, 0.25) is 0 Å². The highest BCUT2D eigenvalue weighted by Crippen LogP contribution is 2.39. The highest BCUT2D eigenvalue weighted by molar-refractivity contribution is 6.09. The molecular formula is C19H18FNO4. The van der Waals surface area contributed by atoms with E-state index in [1.807, 2.05) is 0 Å². The van der Waals surface area contributed by atoms with Gasteiger partial charge < -0.3 is 14.4 Å². The summed E-state index contributed by atoms with van der Waals surface area (Å²) in [6, 6.07) is 8.21. The fourth-order valence-electron chi connectivity index (χ4n) is 2.91. The Morgan fingerprint density at radius 3 is 2.52 bits per heavy atom. The summed E-state index contributed by atoms with van der Waals surface area (Å²) in [4.78, 5) is 26.5. The van der Waals surface area contributed by atoms with E-state index < -0.39 is 17.7 Å². The molecule has 5 nitrogen and oxygen atoms in total. The summed E-state index contributed by atoms with van der Waals surface area (Å²) >= 11 is 0. The van der Waals surface area contributed by atoms with Crippen molar-refractivity contribution in [2.45, 2.75) is 26.4 Å². The Balaban J connectivity index is 2.01. The molecule has 0 fully saturated rings. The minimum Gasteiger partial charge on any atom is -0.503 e. The molecule has 2 aromatic rings. The first-order valence-corrected chi connectivity index (χ1v) is 7.96. The van der Waals surface area contributed by atoms with Gasteiger partial charge in [0.25, 0.3) is 5.91 Å². The molecule has 1 atom stereocenters. The van der Waals surface area contributed by atoms with Gasteiger partial charge in [0, 0.05) is 12.5 Å². The van der Waals surface area contributed by atoms with Crippen molar-refractivity contribution >= 4 is 11.7 Å². The monoisotopic (exact) mass is 343 g/mol. The van der Waals surface area contributed by atoms with E-state index in [1.165, 1.54) is 23.3 Å². The zero-order valence-corrected chi connectivity index (χ0v) is 13.9. The Morgan fingerprint density at radius 1 is 1.28 bits per heavy atom. The van der Waals surface area contributed by atoms with Gasteiger partial charge in [0.1, 0.15) is 17.6 Å². The van der Waals surface area contributed by atoms with E-state index in [0.717, 1.165) is 0 Å². The summed E-state index contributed by atoms with van der Waals surface area (Å²) < 4.78 is 18.5. The number of halogens is 1. The number of benzene rings is 1. The molecule has 6 heteroatoms. The van der Waals surface area contributed by atoms with Gasteiger partial charge in [-0.25, -0.2) is 4.39 Å². The lowest BCUT2D eigenvalue weighted by atomic mass is 9.94. The number of amides is 1. The largest absolute Gasteiger partial charge is 0.503 e. The highest BCUT2D eigenvalue weighted by Gasteiger charge is 2.45. The Labute approximate surface area is 144 Å². The van der Waals surface area contributed by atoms with Crippen molar-refractivity contribution in [3.05, 3.63) is 71.1 Å². The van der Waals surface area contributed by atoms with Crippen LogP contribution in [0.1, 0.15) is 31.2 Å². The summed E-state index contributed by atoms with van der Waals surface area (Å²) in [5, 5.41) is 10.3. The van der Waals surface area contributed by atoms with E-state index in [4.69, 9.17) is 4.42 Å². The standard InChI is InChI=1S/C19H18FNO4/c1-11(2)17(22)15-16(14-4-3-9-25-14)21(19(24)18(15)23)10-12-5-7-13(20)8-6-12/h3-9,11,16,23H,10H2,1-2H3. The first-order valence-electron chi connectivity index (χ1n) is 7.96. The van der Waals surface area contributed by atoms with Crippen molar-refractivity contribution in [1.29, 1.82) is 0 Å². The fraction of sp³-hybridized carbons (Fsp3) is 0.263. The quantitative estimate of drug-likeness (QED) is 0.901. The van der Waals surface area contributed by atoms with E-state index >= 15 is 0 Å². The Bertz CT molecular complexity index is 822. The lowest BCUT2D eigenvalue weighted by Crippen LogP contribution is -2.30. The lowest BCUT2D eigenvalue weighted by molar-refractivity contribution is -0.130. The van der Waals surface area contributed by atoms with Crippen LogP contribution in [-0.4, -0.2) is 21.7 Å². The normalized spacial score (nSPS) is 17.7. The molecule has 0 bridgehead atoms. The zero-order valence-electron chi connectivity index (χ0n) is 13.9. The van der Waals surface area contributed by atoms with E-state index in [0.29, 0.717) is 11.3 Å². The molecule has 1 N–H and O–H groups in total. The minimum absolute atomic E-state index is 0.0389. The number of carbonyl (C=O) groups is 2. The topological polar surface area (TPSA) is 70.8 Å². The van der Waals surface area contributed by atoms with Crippen LogP contribution in [0.25, 0.3) is 0 Å². The van der Waals surface area contributed by atoms with Gasteiger partial charge in [-0.1, -0.05) is 26.0 Å². The summed E-state index contributed by atoms with van der Waals surface area (Å²) in [6.45, 7) is 3.52. The van der Waals surface area contributed by atoms with E-state index in [9.17, 15) is 19.1 Å². The van der Waals surface area contributed by atoms with Crippen LogP contribution in [0.15, 0.2) is 58.4 Å². The minimum atomic E-state index is -0.803. The molecule has 25 heavy (non-hydrogen) atoms. The van der Waals surface area contributed by atoms with Crippen molar-refractivity contribution in [2.75, 3.05) is 0 Å². The number of aliphatic hydroxyl groups is 1. The number of hydrogen-bond donors (Lipinski definition) is 1. The smallest absolute Gasteiger partial charge is 0.290 e. The van der Waals surface area contributed by atoms with Gasteiger partial charge in [-0.3, -0.25) is 9.59 Å². The zero-order chi connectivity index (χ0) is 18.1. The van der Waals surface area contributed by atoms with Crippen LogP contribution >= 0.6 is 0 Å². The van der Waals surface area contributed by atoms with Crippen molar-refractivity contribution in [3.63, 3.8) is 0 Å². The molecule has 1 aromatic carbocycles. The van der Waals surface area contributed by atoms with Gasteiger partial charge in [-0.2, -0.15) is 0 Å². The third-order valence-electron chi connectivity index (χ3n) is 4.17. The second kappa shape index (κ2) is 6.55. The third-order valence-corrected chi connectivity index (χ3v) is 4.17. The lowest BCUT2D eigenvalue weighted by Gasteiger charge is -2.25. The first-order chi connectivity index (χ1) is 11.9. The predicted molar refractivity (Wildman–Crippen MR) is 87.9 cm³/mol. The maximum Gasteiger partial charge on any atom is 0.290 e. The van der Waals surface area contributed by atoms with Crippen molar-refractivity contribution in [1.82, 2.24) is 4.90 Å². The molecule has 1 amide bonds. The Kier molecular flexibility index (Phi) is 4.44. The van der Waals surface area contributed by atoms with Crippen LogP contribution in [0.4, 0.5) is 4.39 Å². The van der Waals surface area contributed by atoms with Gasteiger partial charge in [-0.15, -0.1) is 0 Å². The van der Waals surface area contributed by atoms with Crippen molar-refractivity contribution < 1.29 is 23.5 Å². The number of rotatable bonds is 5. The second-order valence-corrected chi connectivity index (χ2v) is 6.26. The number of ketones is 1. The van der Waals surface area contributed by atoms with Gasteiger partial charge in [-0.05, 0) is 29.8 Å². The molecule has 0 saturated carbocycles. The van der Waals surface area contributed by atoms with Gasteiger partial charge in [0.05, 0.1) is 11.8 Å². The molecule has 1 aliphatic rings. The SMILES string of the molecule is CC(C)C(=O)C1=C(O)C(=O)N(Cc2ccc(F)cc2)C1c1ccco1. The number of furan rings is 1. The van der Waals surface area contributed by atoms with Gasteiger partial charge >= 0.3 is 0 Å².